The second-order valence-electron chi connectivity index (χ2n) is 3.91. The van der Waals surface area contributed by atoms with Crippen molar-refractivity contribution >= 4 is 29.4 Å². The van der Waals surface area contributed by atoms with Crippen LogP contribution in [0.1, 0.15) is 11.1 Å². The Morgan fingerprint density at radius 2 is 1.79 bits per heavy atom. The molecule has 0 nitrogen and oxygen atoms in total. The highest BCUT2D eigenvalue weighted by atomic mass is 35.5. The molecule has 0 saturated heterocycles. The van der Waals surface area contributed by atoms with Crippen molar-refractivity contribution in [3.8, 4) is 0 Å². The van der Waals surface area contributed by atoms with Gasteiger partial charge in [-0.1, -0.05) is 23.7 Å². The number of halogens is 3. The molecule has 0 aliphatic rings. The lowest BCUT2D eigenvalue weighted by atomic mass is 10.2. The Morgan fingerprint density at radius 3 is 2.47 bits per heavy atom. The van der Waals surface area contributed by atoms with Crippen LogP contribution in [-0.2, 0) is 5.75 Å². The van der Waals surface area contributed by atoms with Crippen molar-refractivity contribution in [3.05, 3.63) is 75.7 Å². The van der Waals surface area contributed by atoms with E-state index in [0.29, 0.717) is 10.6 Å². The van der Waals surface area contributed by atoms with Gasteiger partial charge in [0.1, 0.15) is 11.6 Å². The summed E-state index contributed by atoms with van der Waals surface area (Å²) in [5.74, 6) is -0.344. The zero-order chi connectivity index (χ0) is 13.7. The van der Waals surface area contributed by atoms with Gasteiger partial charge in [0, 0.05) is 22.4 Å². The second-order valence-corrected chi connectivity index (χ2v) is 5.24. The maximum absolute atomic E-state index is 13.3. The Balaban J connectivity index is 1.91. The summed E-state index contributed by atoms with van der Waals surface area (Å²) in [6.45, 7) is 0. The quantitative estimate of drug-likeness (QED) is 0.715. The van der Waals surface area contributed by atoms with Crippen LogP contribution in [0.4, 0.5) is 8.78 Å². The van der Waals surface area contributed by atoms with E-state index in [9.17, 15) is 8.78 Å². The molecule has 98 valence electrons. The van der Waals surface area contributed by atoms with Crippen molar-refractivity contribution in [1.82, 2.24) is 0 Å². The maximum Gasteiger partial charge on any atom is 0.133 e. The van der Waals surface area contributed by atoms with Crippen LogP contribution in [0.15, 0.2) is 47.9 Å². The monoisotopic (exact) mass is 296 g/mol. The van der Waals surface area contributed by atoms with Crippen molar-refractivity contribution in [2.45, 2.75) is 5.75 Å². The summed E-state index contributed by atoms with van der Waals surface area (Å²) in [6.07, 6.45) is 1.63. The first-order valence-electron chi connectivity index (χ1n) is 5.63. The third-order valence-electron chi connectivity index (χ3n) is 2.47. The molecule has 0 unspecified atom stereocenters. The molecule has 0 aliphatic carbocycles. The summed E-state index contributed by atoms with van der Waals surface area (Å²) in [4.78, 5) is 0. The maximum atomic E-state index is 13.3. The topological polar surface area (TPSA) is 0 Å². The van der Waals surface area contributed by atoms with Crippen LogP contribution >= 0.6 is 23.4 Å². The van der Waals surface area contributed by atoms with Crippen LogP contribution in [0.25, 0.3) is 6.08 Å². The number of rotatable bonds is 4. The Hall–Kier alpha value is -1.32. The molecular formula is C15H11ClF2S. The highest BCUT2D eigenvalue weighted by Crippen LogP contribution is 2.18. The minimum Gasteiger partial charge on any atom is -0.207 e. The van der Waals surface area contributed by atoms with Gasteiger partial charge in [-0.25, -0.2) is 8.78 Å². The van der Waals surface area contributed by atoms with Crippen LogP contribution in [0, 0.1) is 11.6 Å². The standard InChI is InChI=1S/C15H11ClF2S/c16-13-4-1-11(2-5-13)10-19-8-7-12-3-6-14(17)9-15(12)18/h1-9H,10H2. The van der Waals surface area contributed by atoms with Gasteiger partial charge in [-0.2, -0.15) is 0 Å². The molecule has 0 aliphatic heterocycles. The van der Waals surface area contributed by atoms with Crippen molar-refractivity contribution in [3.63, 3.8) is 0 Å². The lowest BCUT2D eigenvalue weighted by Gasteiger charge is -1.99. The fourth-order valence-electron chi connectivity index (χ4n) is 1.48. The zero-order valence-electron chi connectivity index (χ0n) is 9.95. The Bertz CT molecular complexity index is 579. The van der Waals surface area contributed by atoms with Gasteiger partial charge in [0.05, 0.1) is 0 Å². The normalized spacial score (nSPS) is 11.1. The summed E-state index contributed by atoms with van der Waals surface area (Å²) in [6, 6.07) is 11.1. The highest BCUT2D eigenvalue weighted by molar-refractivity contribution is 8.01. The second kappa shape index (κ2) is 6.73. The summed E-state index contributed by atoms with van der Waals surface area (Å²) >= 11 is 7.33. The van der Waals surface area contributed by atoms with Crippen molar-refractivity contribution in [2.24, 2.45) is 0 Å². The lowest BCUT2D eigenvalue weighted by molar-refractivity contribution is 0.581. The van der Waals surface area contributed by atoms with E-state index in [4.69, 9.17) is 11.6 Å². The highest BCUT2D eigenvalue weighted by Gasteiger charge is 1.99. The molecule has 0 amide bonds. The van der Waals surface area contributed by atoms with Crippen molar-refractivity contribution < 1.29 is 8.78 Å². The molecule has 2 rings (SSSR count). The van der Waals surface area contributed by atoms with Crippen LogP contribution in [-0.4, -0.2) is 0 Å². The molecule has 2 aromatic carbocycles. The van der Waals surface area contributed by atoms with Gasteiger partial charge in [0.15, 0.2) is 0 Å². The summed E-state index contributed by atoms with van der Waals surface area (Å²) in [5.41, 5.74) is 1.52. The van der Waals surface area contributed by atoms with Gasteiger partial charge in [-0.3, -0.25) is 0 Å². The number of thioether (sulfide) groups is 1. The van der Waals surface area contributed by atoms with Gasteiger partial charge < -0.3 is 0 Å². The van der Waals surface area contributed by atoms with E-state index in [1.54, 1.807) is 11.5 Å². The lowest BCUT2D eigenvalue weighted by Crippen LogP contribution is -1.83. The molecule has 0 fully saturated rings. The molecule has 0 saturated carbocycles. The largest absolute Gasteiger partial charge is 0.207 e. The van der Waals surface area contributed by atoms with E-state index in [1.165, 1.54) is 23.9 Å². The first-order chi connectivity index (χ1) is 9.15. The first kappa shape index (κ1) is 14.1. The van der Waals surface area contributed by atoms with Crippen molar-refractivity contribution in [2.75, 3.05) is 0 Å². The SMILES string of the molecule is Fc1ccc(C=CSCc2ccc(Cl)cc2)c(F)c1. The fraction of sp³-hybridized carbons (Fsp3) is 0.0667. The molecule has 19 heavy (non-hydrogen) atoms. The molecular weight excluding hydrogens is 286 g/mol. The molecule has 0 spiro atoms. The minimum atomic E-state index is -0.566. The molecule has 2 aromatic rings. The zero-order valence-corrected chi connectivity index (χ0v) is 11.5. The Kier molecular flexibility index (Phi) is 5.00. The van der Waals surface area contributed by atoms with Gasteiger partial charge in [0.2, 0.25) is 0 Å². The van der Waals surface area contributed by atoms with Crippen LogP contribution in [0.5, 0.6) is 0 Å². The fourth-order valence-corrected chi connectivity index (χ4v) is 2.33. The molecule has 0 atom stereocenters. The third kappa shape index (κ3) is 4.37. The molecule has 0 heterocycles. The van der Waals surface area contributed by atoms with Gasteiger partial charge in [-0.05, 0) is 41.3 Å². The summed E-state index contributed by atoms with van der Waals surface area (Å²) in [7, 11) is 0. The van der Waals surface area contributed by atoms with E-state index < -0.39 is 11.6 Å². The first-order valence-corrected chi connectivity index (χ1v) is 7.05. The average Bonchev–Trinajstić information content (AvgIpc) is 2.39. The van der Waals surface area contributed by atoms with E-state index in [1.807, 2.05) is 24.3 Å². The Morgan fingerprint density at radius 1 is 1.05 bits per heavy atom. The summed E-state index contributed by atoms with van der Waals surface area (Å²) in [5, 5.41) is 2.50. The van der Waals surface area contributed by atoms with Gasteiger partial charge >= 0.3 is 0 Å². The molecule has 4 heteroatoms. The third-order valence-corrected chi connectivity index (χ3v) is 3.55. The van der Waals surface area contributed by atoms with Crippen LogP contribution < -0.4 is 0 Å². The van der Waals surface area contributed by atoms with E-state index in [2.05, 4.69) is 0 Å². The molecule has 0 aromatic heterocycles. The predicted molar refractivity (Wildman–Crippen MR) is 78.1 cm³/mol. The smallest absolute Gasteiger partial charge is 0.133 e. The number of hydrogen-bond acceptors (Lipinski definition) is 1. The molecule has 0 N–H and O–H groups in total. The van der Waals surface area contributed by atoms with Crippen molar-refractivity contribution in [1.29, 1.82) is 0 Å². The Labute approximate surface area is 120 Å². The minimum absolute atomic E-state index is 0.380. The molecule has 0 bridgehead atoms. The van der Waals surface area contributed by atoms with Crippen LogP contribution in [0.3, 0.4) is 0 Å². The number of hydrogen-bond donors (Lipinski definition) is 0. The summed E-state index contributed by atoms with van der Waals surface area (Å²) < 4.78 is 26.0. The van der Waals surface area contributed by atoms with E-state index in [-0.39, 0.29) is 0 Å². The van der Waals surface area contributed by atoms with Gasteiger partial charge in [0.25, 0.3) is 0 Å². The number of benzene rings is 2. The predicted octanol–water partition coefficient (Wildman–Crippen LogP) is 5.52. The molecule has 0 radical (unpaired) electrons. The van der Waals surface area contributed by atoms with Gasteiger partial charge in [-0.15, -0.1) is 11.8 Å². The average molecular weight is 297 g/mol. The van der Waals surface area contributed by atoms with E-state index in [0.717, 1.165) is 17.4 Å². The van der Waals surface area contributed by atoms with Crippen LogP contribution in [0.2, 0.25) is 5.02 Å². The van der Waals surface area contributed by atoms with E-state index >= 15 is 0 Å².